The lowest BCUT2D eigenvalue weighted by atomic mass is 9.73. The first-order valence-corrected chi connectivity index (χ1v) is 14.6. The van der Waals surface area contributed by atoms with Gasteiger partial charge >= 0.3 is 0 Å². The summed E-state index contributed by atoms with van der Waals surface area (Å²) in [5.74, 6) is -0.0604. The molecule has 1 aliphatic heterocycles. The standard InChI is InChI=1S/C33H32Cl2N4O2/c1-33(2)16-27-31(29(40)17-33)32(20-11-12-23(34)24(35)15-20)39(28-10-6-5-9-26(28)38-27)19-30(41)36-14-13-21-18-37-25-8-4-3-7-22(21)25/h3-12,15,18,32,37-38H,13-14,16-17,19H2,1-2H3,(H,36,41). The Morgan fingerprint density at radius 1 is 1.02 bits per heavy atom. The van der Waals surface area contributed by atoms with E-state index in [2.05, 4.69) is 35.5 Å². The molecule has 0 saturated heterocycles. The zero-order valence-corrected chi connectivity index (χ0v) is 24.6. The first-order chi connectivity index (χ1) is 19.7. The van der Waals surface area contributed by atoms with Gasteiger partial charge in [0.1, 0.15) is 0 Å². The van der Waals surface area contributed by atoms with Crippen LogP contribution in [-0.4, -0.2) is 29.8 Å². The second-order valence-electron chi connectivity index (χ2n) is 11.6. The molecule has 1 atom stereocenters. The number of carbonyl (C=O) groups is 2. The lowest BCUT2D eigenvalue weighted by Crippen LogP contribution is -2.42. The van der Waals surface area contributed by atoms with Gasteiger partial charge in [-0.3, -0.25) is 9.59 Å². The van der Waals surface area contributed by atoms with E-state index >= 15 is 0 Å². The highest BCUT2D eigenvalue weighted by Crippen LogP contribution is 2.48. The average molecular weight is 588 g/mol. The van der Waals surface area contributed by atoms with Crippen molar-refractivity contribution < 1.29 is 9.59 Å². The Bertz CT molecular complexity index is 1690. The molecule has 8 heteroatoms. The van der Waals surface area contributed by atoms with Gasteiger partial charge in [-0.2, -0.15) is 0 Å². The molecule has 1 amide bonds. The van der Waals surface area contributed by atoms with Crippen molar-refractivity contribution in [2.24, 2.45) is 5.41 Å². The molecule has 2 aliphatic rings. The Labute approximate surface area is 249 Å². The molecule has 210 valence electrons. The van der Waals surface area contributed by atoms with Crippen LogP contribution < -0.4 is 15.5 Å². The van der Waals surface area contributed by atoms with Crippen molar-refractivity contribution >= 4 is 57.2 Å². The summed E-state index contributed by atoms with van der Waals surface area (Å²) in [6.07, 6.45) is 3.84. The zero-order chi connectivity index (χ0) is 28.7. The molecular formula is C33H32Cl2N4O2. The number of halogens is 2. The number of fused-ring (bicyclic) bond motifs is 2. The van der Waals surface area contributed by atoms with Crippen molar-refractivity contribution in [1.82, 2.24) is 10.3 Å². The van der Waals surface area contributed by atoms with Crippen LogP contribution in [0, 0.1) is 5.41 Å². The summed E-state index contributed by atoms with van der Waals surface area (Å²) >= 11 is 12.8. The molecule has 4 aromatic rings. The third kappa shape index (κ3) is 5.46. The maximum Gasteiger partial charge on any atom is 0.239 e. The number of rotatable bonds is 6. The number of aromatic nitrogens is 1. The molecule has 0 radical (unpaired) electrons. The molecule has 6 rings (SSSR count). The highest BCUT2D eigenvalue weighted by molar-refractivity contribution is 6.42. The van der Waals surface area contributed by atoms with Gasteiger partial charge in [0.2, 0.25) is 5.91 Å². The number of para-hydroxylation sites is 3. The molecular weight excluding hydrogens is 555 g/mol. The Morgan fingerprint density at radius 3 is 2.63 bits per heavy atom. The predicted octanol–water partition coefficient (Wildman–Crippen LogP) is 7.45. The van der Waals surface area contributed by atoms with Crippen LogP contribution in [0.25, 0.3) is 10.9 Å². The summed E-state index contributed by atoms with van der Waals surface area (Å²) in [5, 5.41) is 8.69. The van der Waals surface area contributed by atoms with Crippen molar-refractivity contribution in [2.45, 2.75) is 39.2 Å². The summed E-state index contributed by atoms with van der Waals surface area (Å²) in [4.78, 5) is 32.7. The maximum atomic E-state index is 13.8. The van der Waals surface area contributed by atoms with E-state index in [9.17, 15) is 9.59 Å². The van der Waals surface area contributed by atoms with Crippen molar-refractivity contribution in [3.63, 3.8) is 0 Å². The maximum absolute atomic E-state index is 13.8. The van der Waals surface area contributed by atoms with Crippen LogP contribution in [0.3, 0.4) is 0 Å². The summed E-state index contributed by atoms with van der Waals surface area (Å²) in [6.45, 7) is 4.78. The fourth-order valence-corrected chi connectivity index (χ4v) is 6.45. The van der Waals surface area contributed by atoms with Gasteiger partial charge in [0.25, 0.3) is 0 Å². The minimum absolute atomic E-state index is 0.0605. The fraction of sp³-hybridized carbons (Fsp3) is 0.273. The van der Waals surface area contributed by atoms with Crippen molar-refractivity contribution in [1.29, 1.82) is 0 Å². The van der Waals surface area contributed by atoms with E-state index in [-0.39, 0.29) is 23.7 Å². The summed E-state index contributed by atoms with van der Waals surface area (Å²) in [7, 11) is 0. The molecule has 0 fully saturated rings. The van der Waals surface area contributed by atoms with Crippen LogP contribution in [-0.2, 0) is 16.0 Å². The number of aromatic amines is 1. The number of nitrogens with zero attached hydrogens (tertiary/aromatic N) is 1. The number of amides is 1. The van der Waals surface area contributed by atoms with Gasteiger partial charge in [-0.1, -0.05) is 73.4 Å². The fourth-order valence-electron chi connectivity index (χ4n) is 6.14. The predicted molar refractivity (Wildman–Crippen MR) is 167 cm³/mol. The van der Waals surface area contributed by atoms with Gasteiger partial charge in [-0.15, -0.1) is 0 Å². The highest BCUT2D eigenvalue weighted by Gasteiger charge is 2.42. The SMILES string of the molecule is CC1(C)CC(=O)C2=C(C1)Nc1ccccc1N(CC(=O)NCCc1c[nH]c3ccccc13)C2c1ccc(Cl)c(Cl)c1. The number of hydrogen-bond acceptors (Lipinski definition) is 4. The van der Waals surface area contributed by atoms with Crippen LogP contribution in [0.5, 0.6) is 0 Å². The third-order valence-corrected chi connectivity index (χ3v) is 8.71. The zero-order valence-electron chi connectivity index (χ0n) is 23.1. The highest BCUT2D eigenvalue weighted by atomic mass is 35.5. The summed E-state index contributed by atoms with van der Waals surface area (Å²) < 4.78 is 0. The van der Waals surface area contributed by atoms with Crippen LogP contribution in [0.15, 0.2) is 84.2 Å². The smallest absolute Gasteiger partial charge is 0.239 e. The van der Waals surface area contributed by atoms with Gasteiger partial charge in [0.05, 0.1) is 34.0 Å². The molecule has 3 N–H and O–H groups in total. The monoisotopic (exact) mass is 586 g/mol. The minimum Gasteiger partial charge on any atom is -0.361 e. The molecule has 6 nitrogen and oxygen atoms in total. The van der Waals surface area contributed by atoms with Crippen LogP contribution in [0.4, 0.5) is 11.4 Å². The first-order valence-electron chi connectivity index (χ1n) is 13.9. The van der Waals surface area contributed by atoms with Gasteiger partial charge in [0, 0.05) is 41.3 Å². The number of H-pyrrole nitrogens is 1. The lowest BCUT2D eigenvalue weighted by Gasteiger charge is -2.38. The van der Waals surface area contributed by atoms with Crippen LogP contribution >= 0.6 is 23.2 Å². The Kier molecular flexibility index (Phi) is 7.30. The average Bonchev–Trinajstić information content (AvgIpc) is 3.28. The summed E-state index contributed by atoms with van der Waals surface area (Å²) in [5.41, 5.74) is 6.12. The van der Waals surface area contributed by atoms with E-state index in [4.69, 9.17) is 23.2 Å². The number of allylic oxidation sites excluding steroid dienone is 1. The first kappa shape index (κ1) is 27.4. The van der Waals surface area contributed by atoms with Crippen molar-refractivity contribution in [3.05, 3.63) is 105 Å². The van der Waals surface area contributed by atoms with Gasteiger partial charge in [-0.25, -0.2) is 0 Å². The molecule has 0 saturated carbocycles. The third-order valence-electron chi connectivity index (χ3n) is 7.97. The van der Waals surface area contributed by atoms with E-state index in [1.165, 1.54) is 0 Å². The molecule has 41 heavy (non-hydrogen) atoms. The number of nitrogens with one attached hydrogen (secondary N) is 3. The number of ketones is 1. The normalized spacial score (nSPS) is 18.0. The van der Waals surface area contributed by atoms with Gasteiger partial charge in [-0.05, 0) is 59.7 Å². The molecule has 3 aromatic carbocycles. The molecule has 0 spiro atoms. The van der Waals surface area contributed by atoms with Crippen molar-refractivity contribution in [3.8, 4) is 0 Å². The number of hydrogen-bond donors (Lipinski definition) is 3. The molecule has 1 unspecified atom stereocenters. The van der Waals surface area contributed by atoms with E-state index in [1.54, 1.807) is 6.07 Å². The van der Waals surface area contributed by atoms with Crippen LogP contribution in [0.2, 0.25) is 10.0 Å². The number of carbonyl (C=O) groups excluding carboxylic acids is 2. The topological polar surface area (TPSA) is 77.2 Å². The summed E-state index contributed by atoms with van der Waals surface area (Å²) in [6, 6.07) is 21.0. The lowest BCUT2D eigenvalue weighted by molar-refractivity contribution is -0.120. The van der Waals surface area contributed by atoms with Crippen molar-refractivity contribution in [2.75, 3.05) is 23.3 Å². The molecule has 2 heterocycles. The van der Waals surface area contributed by atoms with E-state index in [1.807, 2.05) is 65.7 Å². The van der Waals surface area contributed by atoms with E-state index < -0.39 is 6.04 Å². The Balaban J connectivity index is 1.35. The Morgan fingerprint density at radius 2 is 1.80 bits per heavy atom. The molecule has 1 aliphatic carbocycles. The number of Topliss-reactive ketones (excluding diaryl/α,β-unsaturated/α-hetero) is 1. The van der Waals surface area contributed by atoms with E-state index in [0.717, 1.165) is 39.1 Å². The second-order valence-corrected chi connectivity index (χ2v) is 12.5. The van der Waals surface area contributed by atoms with Crippen LogP contribution in [0.1, 0.15) is 43.9 Å². The Hall–Kier alpha value is -3.74. The molecule has 1 aromatic heterocycles. The van der Waals surface area contributed by atoms with Gasteiger partial charge in [0.15, 0.2) is 5.78 Å². The largest absolute Gasteiger partial charge is 0.361 e. The number of anilines is 2. The molecule has 0 bridgehead atoms. The van der Waals surface area contributed by atoms with E-state index in [0.29, 0.717) is 41.4 Å². The second kappa shape index (κ2) is 10.9. The number of benzene rings is 3. The van der Waals surface area contributed by atoms with Gasteiger partial charge < -0.3 is 20.5 Å². The minimum atomic E-state index is -0.515. The quantitative estimate of drug-likeness (QED) is 0.219.